The van der Waals surface area contributed by atoms with Gasteiger partial charge in [-0.1, -0.05) is 30.7 Å². The molecule has 5 nitrogen and oxygen atoms in total. The number of carbonyl (C=O) groups is 1. The first-order chi connectivity index (χ1) is 13.9. The Morgan fingerprint density at radius 3 is 2.48 bits per heavy atom. The second-order valence-electron chi connectivity index (χ2n) is 7.24. The zero-order valence-corrected chi connectivity index (χ0v) is 18.1. The number of benzene rings is 2. The van der Waals surface area contributed by atoms with Gasteiger partial charge in [0.2, 0.25) is 0 Å². The zero-order chi connectivity index (χ0) is 21.2. The summed E-state index contributed by atoms with van der Waals surface area (Å²) in [5.74, 6) is 0.992. The van der Waals surface area contributed by atoms with Crippen molar-refractivity contribution < 1.29 is 23.7 Å². The monoisotopic (exact) mass is 400 g/mol. The Balaban J connectivity index is 1.89. The van der Waals surface area contributed by atoms with Crippen molar-refractivity contribution in [1.29, 1.82) is 0 Å². The molecule has 5 heteroatoms. The second kappa shape index (κ2) is 11.6. The van der Waals surface area contributed by atoms with E-state index in [1.807, 2.05) is 52.0 Å². The first-order valence-electron chi connectivity index (χ1n) is 10.1. The maximum atomic E-state index is 12.5. The highest BCUT2D eigenvalue weighted by atomic mass is 16.6. The van der Waals surface area contributed by atoms with Crippen molar-refractivity contribution in [3.8, 4) is 11.5 Å². The minimum absolute atomic E-state index is 0.0311. The van der Waals surface area contributed by atoms with Crippen LogP contribution in [0.25, 0.3) is 0 Å². The Morgan fingerprint density at radius 1 is 0.966 bits per heavy atom. The molecule has 0 N–H and O–H groups in total. The molecule has 0 fully saturated rings. The van der Waals surface area contributed by atoms with E-state index in [1.165, 1.54) is 5.56 Å². The first-order valence-corrected chi connectivity index (χ1v) is 10.1. The van der Waals surface area contributed by atoms with Gasteiger partial charge in [-0.3, -0.25) is 0 Å². The van der Waals surface area contributed by atoms with Crippen LogP contribution in [0.5, 0.6) is 11.5 Å². The van der Waals surface area contributed by atoms with Crippen molar-refractivity contribution in [2.45, 2.75) is 47.1 Å². The third-order valence-corrected chi connectivity index (χ3v) is 4.41. The first kappa shape index (κ1) is 22.9. The van der Waals surface area contributed by atoms with Gasteiger partial charge >= 0.3 is 5.97 Å². The average molecular weight is 401 g/mol. The number of rotatable bonds is 11. The van der Waals surface area contributed by atoms with E-state index in [4.69, 9.17) is 18.9 Å². The predicted molar refractivity (Wildman–Crippen MR) is 114 cm³/mol. The molecule has 1 atom stereocenters. The van der Waals surface area contributed by atoms with Gasteiger partial charge in [-0.2, -0.15) is 0 Å². The minimum atomic E-state index is -0.382. The lowest BCUT2D eigenvalue weighted by molar-refractivity contribution is -0.0244. The molecule has 1 unspecified atom stereocenters. The molecule has 0 aliphatic rings. The largest absolute Gasteiger partial charge is 0.460 e. The Labute approximate surface area is 173 Å². The van der Waals surface area contributed by atoms with E-state index >= 15 is 0 Å². The summed E-state index contributed by atoms with van der Waals surface area (Å²) < 4.78 is 22.4. The number of hydrogen-bond donors (Lipinski definition) is 0. The van der Waals surface area contributed by atoms with E-state index in [2.05, 4.69) is 13.0 Å². The van der Waals surface area contributed by atoms with Crippen LogP contribution in [0.4, 0.5) is 0 Å². The van der Waals surface area contributed by atoms with Gasteiger partial charge in [-0.15, -0.1) is 0 Å². The molecule has 0 bridgehead atoms. The van der Waals surface area contributed by atoms with E-state index in [0.717, 1.165) is 29.9 Å². The van der Waals surface area contributed by atoms with Crippen LogP contribution in [0.2, 0.25) is 0 Å². The molecule has 0 aliphatic heterocycles. The summed E-state index contributed by atoms with van der Waals surface area (Å²) in [7, 11) is 0. The van der Waals surface area contributed by atoms with Crippen LogP contribution < -0.4 is 4.74 Å². The Hall–Kier alpha value is -2.37. The molecule has 158 valence electrons. The van der Waals surface area contributed by atoms with E-state index in [-0.39, 0.29) is 18.7 Å². The molecule has 0 amide bonds. The predicted octanol–water partition coefficient (Wildman–Crippen LogP) is 5.39. The number of esters is 1. The number of aryl methyl sites for hydroxylation is 3. The van der Waals surface area contributed by atoms with Gasteiger partial charge in [0, 0.05) is 6.61 Å². The fraction of sp³-hybridized carbons (Fsp3) is 0.458. The molecular formula is C24H32O5. The normalized spacial score (nSPS) is 11.9. The molecule has 2 rings (SSSR count). The lowest BCUT2D eigenvalue weighted by Crippen LogP contribution is -2.20. The third-order valence-electron chi connectivity index (χ3n) is 4.41. The minimum Gasteiger partial charge on any atom is -0.460 e. The molecule has 0 saturated heterocycles. The Morgan fingerprint density at radius 2 is 1.76 bits per heavy atom. The van der Waals surface area contributed by atoms with Crippen molar-refractivity contribution in [3.63, 3.8) is 0 Å². The Bertz CT molecular complexity index is 800. The topological polar surface area (TPSA) is 54.0 Å². The molecule has 0 spiro atoms. The highest BCUT2D eigenvalue weighted by molar-refractivity contribution is 5.91. The molecule has 0 radical (unpaired) electrons. The summed E-state index contributed by atoms with van der Waals surface area (Å²) in [4.78, 5) is 12.5. The number of carbonyl (C=O) groups excluding carboxylic acids is 1. The number of hydrogen-bond acceptors (Lipinski definition) is 5. The summed E-state index contributed by atoms with van der Waals surface area (Å²) in [5.41, 5.74) is 3.55. The molecule has 2 aromatic carbocycles. The van der Waals surface area contributed by atoms with Crippen LogP contribution in [0.3, 0.4) is 0 Å². The molecule has 0 heterocycles. The van der Waals surface area contributed by atoms with Crippen LogP contribution in [0, 0.1) is 20.8 Å². The summed E-state index contributed by atoms with van der Waals surface area (Å²) >= 11 is 0. The van der Waals surface area contributed by atoms with Gasteiger partial charge in [0.15, 0.2) is 0 Å². The quantitative estimate of drug-likeness (QED) is 0.374. The van der Waals surface area contributed by atoms with Crippen LogP contribution in [-0.4, -0.2) is 38.5 Å². The summed E-state index contributed by atoms with van der Waals surface area (Å²) in [6.45, 7) is 11.7. The van der Waals surface area contributed by atoms with Crippen LogP contribution in [0.15, 0.2) is 36.4 Å². The standard InChI is InChI=1S/C24H32O5/c1-6-11-26-16-20(5)27-12-13-28-24(25)22-15-21(9-8-18(22)3)29-23-10-7-17(2)14-19(23)4/h7-10,14-15,20H,6,11-13,16H2,1-5H3. The summed E-state index contributed by atoms with van der Waals surface area (Å²) in [6.07, 6.45) is 0.951. The van der Waals surface area contributed by atoms with Crippen molar-refractivity contribution >= 4 is 5.97 Å². The van der Waals surface area contributed by atoms with Gasteiger partial charge in [0.25, 0.3) is 0 Å². The van der Waals surface area contributed by atoms with Gasteiger partial charge < -0.3 is 18.9 Å². The average Bonchev–Trinajstić information content (AvgIpc) is 2.69. The van der Waals surface area contributed by atoms with Crippen LogP contribution >= 0.6 is 0 Å². The lowest BCUT2D eigenvalue weighted by Gasteiger charge is -2.14. The molecule has 29 heavy (non-hydrogen) atoms. The van der Waals surface area contributed by atoms with Crippen molar-refractivity contribution in [2.75, 3.05) is 26.4 Å². The maximum Gasteiger partial charge on any atom is 0.338 e. The van der Waals surface area contributed by atoms with Crippen LogP contribution in [-0.2, 0) is 14.2 Å². The summed E-state index contributed by atoms with van der Waals surface area (Å²) in [6, 6.07) is 11.4. The smallest absolute Gasteiger partial charge is 0.338 e. The van der Waals surface area contributed by atoms with E-state index in [0.29, 0.717) is 24.5 Å². The van der Waals surface area contributed by atoms with Gasteiger partial charge in [-0.25, -0.2) is 4.79 Å². The van der Waals surface area contributed by atoms with Gasteiger partial charge in [0.05, 0.1) is 24.9 Å². The van der Waals surface area contributed by atoms with Gasteiger partial charge in [-0.05, 0) is 63.4 Å². The number of ether oxygens (including phenoxy) is 4. The lowest BCUT2D eigenvalue weighted by atomic mass is 10.1. The third kappa shape index (κ3) is 7.52. The van der Waals surface area contributed by atoms with Crippen molar-refractivity contribution in [1.82, 2.24) is 0 Å². The fourth-order valence-corrected chi connectivity index (χ4v) is 2.83. The van der Waals surface area contributed by atoms with Crippen molar-refractivity contribution in [3.05, 3.63) is 58.7 Å². The molecule has 0 saturated carbocycles. The highest BCUT2D eigenvalue weighted by Gasteiger charge is 2.13. The Kier molecular flexibility index (Phi) is 9.16. The molecule has 0 aliphatic carbocycles. The fourth-order valence-electron chi connectivity index (χ4n) is 2.83. The highest BCUT2D eigenvalue weighted by Crippen LogP contribution is 2.27. The van der Waals surface area contributed by atoms with Crippen LogP contribution in [0.1, 0.15) is 47.3 Å². The second-order valence-corrected chi connectivity index (χ2v) is 7.24. The van der Waals surface area contributed by atoms with Crippen molar-refractivity contribution in [2.24, 2.45) is 0 Å². The zero-order valence-electron chi connectivity index (χ0n) is 18.1. The van der Waals surface area contributed by atoms with E-state index < -0.39 is 0 Å². The summed E-state index contributed by atoms with van der Waals surface area (Å²) in [5, 5.41) is 0. The molecule has 0 aromatic heterocycles. The van der Waals surface area contributed by atoms with Gasteiger partial charge in [0.1, 0.15) is 18.1 Å². The SMILES string of the molecule is CCCOCC(C)OCCOC(=O)c1cc(Oc2ccc(C)cc2C)ccc1C. The maximum absolute atomic E-state index is 12.5. The van der Waals surface area contributed by atoms with E-state index in [9.17, 15) is 4.79 Å². The van der Waals surface area contributed by atoms with E-state index in [1.54, 1.807) is 6.07 Å². The molecular weight excluding hydrogens is 368 g/mol. The molecule has 2 aromatic rings.